The normalized spacial score (nSPS) is 34.6. The van der Waals surface area contributed by atoms with Gasteiger partial charge in [0.2, 0.25) is 0 Å². The molecule has 34 heavy (non-hydrogen) atoms. The van der Waals surface area contributed by atoms with Crippen LogP contribution in [-0.4, -0.2) is 0 Å². The Kier molecular flexibility index (Phi) is 12.9. The van der Waals surface area contributed by atoms with Crippen LogP contribution in [0.2, 0.25) is 0 Å². The third-order valence-corrected chi connectivity index (χ3v) is 10.8. The molecule has 0 unspecified atom stereocenters. The van der Waals surface area contributed by atoms with Gasteiger partial charge in [0.1, 0.15) is 0 Å². The van der Waals surface area contributed by atoms with Crippen molar-refractivity contribution >= 4 is 0 Å². The zero-order valence-electron chi connectivity index (χ0n) is 23.3. The molecule has 0 heterocycles. The summed E-state index contributed by atoms with van der Waals surface area (Å²) >= 11 is 0. The lowest BCUT2D eigenvalue weighted by Gasteiger charge is -2.46. The van der Waals surface area contributed by atoms with Gasteiger partial charge < -0.3 is 0 Å². The van der Waals surface area contributed by atoms with Gasteiger partial charge in [0.15, 0.2) is 0 Å². The number of nitriles is 1. The van der Waals surface area contributed by atoms with E-state index in [1.165, 1.54) is 154 Å². The van der Waals surface area contributed by atoms with Gasteiger partial charge in [-0.3, -0.25) is 0 Å². The Morgan fingerprint density at radius 1 is 0.559 bits per heavy atom. The van der Waals surface area contributed by atoms with Gasteiger partial charge in [0.05, 0.1) is 11.5 Å². The molecule has 0 aromatic carbocycles. The molecule has 0 bridgehead atoms. The van der Waals surface area contributed by atoms with Crippen molar-refractivity contribution in [3.8, 4) is 6.07 Å². The van der Waals surface area contributed by atoms with Crippen LogP contribution >= 0.6 is 0 Å². The van der Waals surface area contributed by atoms with E-state index in [4.69, 9.17) is 0 Å². The van der Waals surface area contributed by atoms with Crippen molar-refractivity contribution in [2.24, 2.45) is 35.0 Å². The third kappa shape index (κ3) is 8.56. The van der Waals surface area contributed by atoms with Crippen molar-refractivity contribution in [1.82, 2.24) is 0 Å². The molecule has 3 rings (SSSR count). The van der Waals surface area contributed by atoms with Crippen LogP contribution in [0.15, 0.2) is 0 Å². The molecule has 0 saturated heterocycles. The maximum atomic E-state index is 10.3. The molecule has 3 fully saturated rings. The van der Waals surface area contributed by atoms with Crippen LogP contribution in [0.1, 0.15) is 168 Å². The summed E-state index contributed by atoms with van der Waals surface area (Å²) in [6.07, 6.45) is 33.9. The molecule has 0 aromatic rings. The van der Waals surface area contributed by atoms with Gasteiger partial charge in [-0.05, 0) is 81.0 Å². The summed E-state index contributed by atoms with van der Waals surface area (Å²) in [6.45, 7) is 4.62. The van der Waals surface area contributed by atoms with Gasteiger partial charge in [-0.25, -0.2) is 0 Å². The van der Waals surface area contributed by atoms with E-state index in [9.17, 15) is 5.26 Å². The second-order valence-electron chi connectivity index (χ2n) is 13.0. The third-order valence-electron chi connectivity index (χ3n) is 10.8. The highest BCUT2D eigenvalue weighted by molar-refractivity contribution is 5.06. The monoisotopic (exact) mass is 469 g/mol. The molecule has 1 heteroatoms. The summed E-state index contributed by atoms with van der Waals surface area (Å²) in [5.41, 5.74) is 0.0400. The van der Waals surface area contributed by atoms with Crippen LogP contribution in [0, 0.1) is 46.3 Å². The van der Waals surface area contributed by atoms with E-state index in [1.54, 1.807) is 0 Å². The second kappa shape index (κ2) is 15.6. The summed E-state index contributed by atoms with van der Waals surface area (Å²) in [4.78, 5) is 0. The van der Waals surface area contributed by atoms with Crippen LogP contribution < -0.4 is 0 Å². The van der Waals surface area contributed by atoms with Gasteiger partial charge in [0.25, 0.3) is 0 Å². The predicted molar refractivity (Wildman–Crippen MR) is 148 cm³/mol. The standard InChI is InChI=1S/C33H59N/c1-3-5-7-9-11-13-28-15-19-30(20-16-28)31-23-25-33(27-34,26-24-31)32-21-17-29(18-22-32)14-12-10-8-6-4-2/h28-32H,3-26H2,1-2H3/t28?,29?,30?,31-,32?,33-. The summed E-state index contributed by atoms with van der Waals surface area (Å²) < 4.78 is 0. The van der Waals surface area contributed by atoms with Gasteiger partial charge in [0, 0.05) is 0 Å². The van der Waals surface area contributed by atoms with E-state index in [1.807, 2.05) is 0 Å². The fraction of sp³-hybridized carbons (Fsp3) is 0.970. The maximum Gasteiger partial charge on any atom is 0.0692 e. The van der Waals surface area contributed by atoms with Crippen molar-refractivity contribution in [3.05, 3.63) is 0 Å². The SMILES string of the molecule is CCCCCCCC1CCC([C@H]2CC[C@](C#N)(C3CCC(CCCCCCC)CC3)CC2)CC1. The highest BCUT2D eigenvalue weighted by atomic mass is 14.5. The van der Waals surface area contributed by atoms with E-state index in [-0.39, 0.29) is 5.41 Å². The fourth-order valence-corrected chi connectivity index (χ4v) is 8.26. The largest absolute Gasteiger partial charge is 0.198 e. The Morgan fingerprint density at radius 3 is 1.47 bits per heavy atom. The molecule has 0 amide bonds. The van der Waals surface area contributed by atoms with Crippen molar-refractivity contribution in [2.75, 3.05) is 0 Å². The second-order valence-corrected chi connectivity index (χ2v) is 13.0. The molecular formula is C33H59N. The van der Waals surface area contributed by atoms with Gasteiger partial charge in [-0.2, -0.15) is 5.26 Å². The number of hydrogen-bond acceptors (Lipinski definition) is 1. The minimum Gasteiger partial charge on any atom is -0.198 e. The van der Waals surface area contributed by atoms with E-state index in [0.29, 0.717) is 5.92 Å². The lowest BCUT2D eigenvalue weighted by Crippen LogP contribution is -2.38. The van der Waals surface area contributed by atoms with Gasteiger partial charge >= 0.3 is 0 Å². The Morgan fingerprint density at radius 2 is 1.00 bits per heavy atom. The minimum atomic E-state index is 0.0400. The lowest BCUT2D eigenvalue weighted by molar-refractivity contribution is 0.0601. The molecule has 0 spiro atoms. The van der Waals surface area contributed by atoms with Crippen molar-refractivity contribution in [2.45, 2.75) is 168 Å². The lowest BCUT2D eigenvalue weighted by atomic mass is 9.57. The molecule has 3 saturated carbocycles. The predicted octanol–water partition coefficient (Wildman–Crippen LogP) is 11.0. The highest BCUT2D eigenvalue weighted by Gasteiger charge is 2.44. The first kappa shape index (κ1) is 28.1. The molecule has 0 atom stereocenters. The number of hydrogen-bond donors (Lipinski definition) is 0. The van der Waals surface area contributed by atoms with Crippen molar-refractivity contribution < 1.29 is 0 Å². The molecule has 1 nitrogen and oxygen atoms in total. The summed E-state index contributed by atoms with van der Waals surface area (Å²) in [6, 6.07) is 2.94. The minimum absolute atomic E-state index is 0.0400. The van der Waals surface area contributed by atoms with E-state index >= 15 is 0 Å². The first-order valence-corrected chi connectivity index (χ1v) is 16.1. The first-order valence-electron chi connectivity index (χ1n) is 16.1. The Balaban J connectivity index is 1.33. The van der Waals surface area contributed by atoms with Gasteiger partial charge in [-0.15, -0.1) is 0 Å². The van der Waals surface area contributed by atoms with Gasteiger partial charge in [-0.1, -0.05) is 117 Å². The average Bonchev–Trinajstić information content (AvgIpc) is 2.89. The van der Waals surface area contributed by atoms with Crippen LogP contribution in [-0.2, 0) is 0 Å². The quantitative estimate of drug-likeness (QED) is 0.232. The number of rotatable bonds is 14. The maximum absolute atomic E-state index is 10.3. The highest BCUT2D eigenvalue weighted by Crippen LogP contribution is 2.53. The average molecular weight is 470 g/mol. The molecule has 3 aliphatic rings. The zero-order valence-corrected chi connectivity index (χ0v) is 23.3. The molecule has 0 N–H and O–H groups in total. The summed E-state index contributed by atoms with van der Waals surface area (Å²) in [5.74, 6) is 4.62. The zero-order chi connectivity index (χ0) is 24.1. The summed E-state index contributed by atoms with van der Waals surface area (Å²) in [7, 11) is 0. The molecule has 0 radical (unpaired) electrons. The van der Waals surface area contributed by atoms with Crippen LogP contribution in [0.25, 0.3) is 0 Å². The van der Waals surface area contributed by atoms with E-state index in [0.717, 1.165) is 23.7 Å². The Bertz CT molecular complexity index is 550. The number of unbranched alkanes of at least 4 members (excludes halogenated alkanes) is 8. The van der Waals surface area contributed by atoms with Crippen LogP contribution in [0.4, 0.5) is 0 Å². The summed E-state index contributed by atoms with van der Waals surface area (Å²) in [5, 5.41) is 10.3. The van der Waals surface area contributed by atoms with E-state index < -0.39 is 0 Å². The fourth-order valence-electron chi connectivity index (χ4n) is 8.26. The first-order chi connectivity index (χ1) is 16.7. The molecule has 0 aliphatic heterocycles. The van der Waals surface area contributed by atoms with Crippen LogP contribution in [0.3, 0.4) is 0 Å². The molecule has 196 valence electrons. The molecule has 3 aliphatic carbocycles. The molecule has 0 aromatic heterocycles. The Labute approximate surface area is 214 Å². The smallest absolute Gasteiger partial charge is 0.0692 e. The van der Waals surface area contributed by atoms with Crippen molar-refractivity contribution in [3.63, 3.8) is 0 Å². The topological polar surface area (TPSA) is 23.8 Å². The van der Waals surface area contributed by atoms with E-state index in [2.05, 4.69) is 19.9 Å². The van der Waals surface area contributed by atoms with Crippen molar-refractivity contribution in [1.29, 1.82) is 5.26 Å². The number of nitrogens with zero attached hydrogens (tertiary/aromatic N) is 1. The molecular weight excluding hydrogens is 410 g/mol. The Hall–Kier alpha value is -0.510. The van der Waals surface area contributed by atoms with Crippen LogP contribution in [0.5, 0.6) is 0 Å².